The number of benzene rings is 3. The molecule has 0 atom stereocenters. The van der Waals surface area contributed by atoms with Gasteiger partial charge in [-0.3, -0.25) is 14.3 Å². The number of hydrogen-bond acceptors (Lipinski definition) is 4. The third-order valence-electron chi connectivity index (χ3n) is 8.46. The van der Waals surface area contributed by atoms with E-state index < -0.39 is 0 Å². The van der Waals surface area contributed by atoms with Gasteiger partial charge in [0.25, 0.3) is 0 Å². The number of halogens is 1. The summed E-state index contributed by atoms with van der Waals surface area (Å²) in [5.74, 6) is 1.52. The van der Waals surface area contributed by atoms with Gasteiger partial charge in [0, 0.05) is 47.9 Å². The van der Waals surface area contributed by atoms with Gasteiger partial charge in [-0.25, -0.2) is 4.98 Å². The number of para-hydroxylation sites is 2. The fraction of sp³-hybridized carbons (Fsp3) is 0.375. The highest BCUT2D eigenvalue weighted by molar-refractivity contribution is 9.10. The van der Waals surface area contributed by atoms with Crippen molar-refractivity contribution in [2.24, 2.45) is 5.92 Å². The van der Waals surface area contributed by atoms with Crippen molar-refractivity contribution >= 4 is 38.6 Å². The van der Waals surface area contributed by atoms with Gasteiger partial charge < -0.3 is 9.80 Å². The zero-order valence-corrected chi connectivity index (χ0v) is 24.4. The Morgan fingerprint density at radius 3 is 2.26 bits per heavy atom. The van der Waals surface area contributed by atoms with Crippen molar-refractivity contribution in [3.05, 3.63) is 88.2 Å². The lowest BCUT2D eigenvalue weighted by atomic mass is 9.95. The SMILES string of the molecule is Cc1ccc(N2CCN(C(=O)C3CCN(Cc4nc5ccccc5n4-c4ccc(Br)cc4)CC3)CC2)cc1C. The van der Waals surface area contributed by atoms with Crippen molar-refractivity contribution in [2.45, 2.75) is 33.2 Å². The van der Waals surface area contributed by atoms with E-state index in [1.807, 2.05) is 6.07 Å². The van der Waals surface area contributed by atoms with Crippen LogP contribution in [-0.4, -0.2) is 64.5 Å². The number of rotatable bonds is 5. The standard InChI is InChI=1S/C32H36BrN5O/c1-23-7-10-28(21-24(23)2)36-17-19-37(20-18-36)32(39)25-13-15-35(16-14-25)22-31-34-29-5-3-4-6-30(29)38(31)27-11-8-26(33)9-12-27/h3-12,21,25H,13-20,22H2,1-2H3. The molecule has 0 unspecified atom stereocenters. The number of imidazole rings is 1. The van der Waals surface area contributed by atoms with E-state index in [4.69, 9.17) is 4.98 Å². The van der Waals surface area contributed by atoms with Crippen LogP contribution in [0.2, 0.25) is 0 Å². The zero-order chi connectivity index (χ0) is 26.9. The van der Waals surface area contributed by atoms with Crippen LogP contribution >= 0.6 is 15.9 Å². The van der Waals surface area contributed by atoms with Crippen molar-refractivity contribution in [1.29, 1.82) is 0 Å². The number of fused-ring (bicyclic) bond motifs is 1. The first kappa shape index (κ1) is 26.1. The predicted molar refractivity (Wildman–Crippen MR) is 161 cm³/mol. The number of aryl methyl sites for hydroxylation is 2. The number of amides is 1. The minimum Gasteiger partial charge on any atom is -0.368 e. The third-order valence-corrected chi connectivity index (χ3v) is 8.99. The second-order valence-electron chi connectivity index (χ2n) is 11.0. The summed E-state index contributed by atoms with van der Waals surface area (Å²) >= 11 is 3.55. The minimum absolute atomic E-state index is 0.125. The number of hydrogen-bond donors (Lipinski definition) is 0. The van der Waals surface area contributed by atoms with Crippen LogP contribution in [-0.2, 0) is 11.3 Å². The van der Waals surface area contributed by atoms with Gasteiger partial charge in [0.05, 0.1) is 17.6 Å². The lowest BCUT2D eigenvalue weighted by Gasteiger charge is -2.39. The normalized spacial score (nSPS) is 17.2. The third kappa shape index (κ3) is 5.48. The molecule has 0 spiro atoms. The number of carbonyl (C=O) groups excluding carboxylic acids is 1. The molecule has 2 aliphatic heterocycles. The summed E-state index contributed by atoms with van der Waals surface area (Å²) in [6.07, 6.45) is 1.82. The second-order valence-corrected chi connectivity index (χ2v) is 11.9. The van der Waals surface area contributed by atoms with E-state index in [-0.39, 0.29) is 5.92 Å². The van der Waals surface area contributed by atoms with Crippen LogP contribution < -0.4 is 4.90 Å². The van der Waals surface area contributed by atoms with Crippen LogP contribution in [0.15, 0.2) is 71.2 Å². The Bertz CT molecular complexity index is 1460. The summed E-state index contributed by atoms with van der Waals surface area (Å²) in [7, 11) is 0. The maximum absolute atomic E-state index is 13.4. The summed E-state index contributed by atoms with van der Waals surface area (Å²) in [4.78, 5) is 25.4. The molecule has 0 bridgehead atoms. The Kier molecular flexibility index (Phi) is 7.45. The van der Waals surface area contributed by atoms with Gasteiger partial charge in [0.2, 0.25) is 5.91 Å². The Morgan fingerprint density at radius 2 is 1.54 bits per heavy atom. The van der Waals surface area contributed by atoms with Crippen molar-refractivity contribution in [1.82, 2.24) is 19.4 Å². The van der Waals surface area contributed by atoms with Crippen molar-refractivity contribution in [3.8, 4) is 5.69 Å². The Balaban J connectivity index is 1.07. The van der Waals surface area contributed by atoms with E-state index in [0.29, 0.717) is 5.91 Å². The molecule has 1 amide bonds. The number of carbonyl (C=O) groups is 1. The zero-order valence-electron chi connectivity index (χ0n) is 22.8. The Morgan fingerprint density at radius 1 is 0.846 bits per heavy atom. The first-order chi connectivity index (χ1) is 19.0. The van der Waals surface area contributed by atoms with Crippen LogP contribution in [0.3, 0.4) is 0 Å². The van der Waals surface area contributed by atoms with Gasteiger partial charge in [0.15, 0.2) is 0 Å². The average molecular weight is 587 g/mol. The van der Waals surface area contributed by atoms with Gasteiger partial charge in [-0.15, -0.1) is 0 Å². The molecule has 202 valence electrons. The number of piperazine rings is 1. The van der Waals surface area contributed by atoms with Crippen LogP contribution in [0.4, 0.5) is 5.69 Å². The molecule has 0 saturated carbocycles. The van der Waals surface area contributed by atoms with Crippen LogP contribution in [0.5, 0.6) is 0 Å². The molecule has 3 aromatic carbocycles. The van der Waals surface area contributed by atoms with Gasteiger partial charge in [-0.05, 0) is 99.4 Å². The highest BCUT2D eigenvalue weighted by Gasteiger charge is 2.31. The summed E-state index contributed by atoms with van der Waals surface area (Å²) in [6, 6.07) is 23.4. The first-order valence-corrected chi connectivity index (χ1v) is 14.8. The molecule has 2 saturated heterocycles. The molecule has 2 aliphatic rings. The number of likely N-dealkylation sites (tertiary alicyclic amines) is 1. The maximum Gasteiger partial charge on any atom is 0.225 e. The second kappa shape index (κ2) is 11.1. The van der Waals surface area contributed by atoms with E-state index in [1.54, 1.807) is 0 Å². The Hall–Kier alpha value is -3.16. The number of nitrogens with zero attached hydrogens (tertiary/aromatic N) is 5. The topological polar surface area (TPSA) is 44.6 Å². The molecular formula is C32H36BrN5O. The summed E-state index contributed by atoms with van der Waals surface area (Å²) in [6.45, 7) is 10.4. The van der Waals surface area contributed by atoms with Gasteiger partial charge >= 0.3 is 0 Å². The molecule has 2 fully saturated rings. The van der Waals surface area contributed by atoms with E-state index in [9.17, 15) is 4.79 Å². The molecular weight excluding hydrogens is 550 g/mol. The van der Waals surface area contributed by atoms with Crippen molar-refractivity contribution < 1.29 is 4.79 Å². The van der Waals surface area contributed by atoms with Crippen molar-refractivity contribution in [2.75, 3.05) is 44.2 Å². The highest BCUT2D eigenvalue weighted by Crippen LogP contribution is 2.27. The fourth-order valence-electron chi connectivity index (χ4n) is 5.96. The molecule has 0 N–H and O–H groups in total. The smallest absolute Gasteiger partial charge is 0.225 e. The minimum atomic E-state index is 0.125. The lowest BCUT2D eigenvalue weighted by Crippen LogP contribution is -2.51. The van der Waals surface area contributed by atoms with Gasteiger partial charge in [-0.1, -0.05) is 34.1 Å². The van der Waals surface area contributed by atoms with Crippen LogP contribution in [0.1, 0.15) is 29.8 Å². The van der Waals surface area contributed by atoms with Gasteiger partial charge in [0.1, 0.15) is 5.82 Å². The number of anilines is 1. The molecule has 6 nitrogen and oxygen atoms in total. The largest absolute Gasteiger partial charge is 0.368 e. The number of aromatic nitrogens is 2. The summed E-state index contributed by atoms with van der Waals surface area (Å²) in [5, 5.41) is 0. The van der Waals surface area contributed by atoms with E-state index >= 15 is 0 Å². The highest BCUT2D eigenvalue weighted by atomic mass is 79.9. The van der Waals surface area contributed by atoms with Gasteiger partial charge in [-0.2, -0.15) is 0 Å². The fourth-order valence-corrected chi connectivity index (χ4v) is 6.23. The van der Waals surface area contributed by atoms with E-state index in [0.717, 1.165) is 85.7 Å². The molecule has 1 aromatic heterocycles. The number of piperidine rings is 1. The molecule has 4 aromatic rings. The average Bonchev–Trinajstić information content (AvgIpc) is 3.33. The monoisotopic (exact) mass is 585 g/mol. The molecule has 0 aliphatic carbocycles. The molecule has 39 heavy (non-hydrogen) atoms. The summed E-state index contributed by atoms with van der Waals surface area (Å²) < 4.78 is 3.34. The molecule has 0 radical (unpaired) electrons. The lowest BCUT2D eigenvalue weighted by molar-refractivity contribution is -0.137. The van der Waals surface area contributed by atoms with Crippen molar-refractivity contribution in [3.63, 3.8) is 0 Å². The summed E-state index contributed by atoms with van der Waals surface area (Å²) in [5.41, 5.74) is 7.18. The van der Waals surface area contributed by atoms with Crippen LogP contribution in [0.25, 0.3) is 16.7 Å². The van der Waals surface area contributed by atoms with E-state index in [2.05, 4.69) is 110 Å². The van der Waals surface area contributed by atoms with E-state index in [1.165, 1.54) is 16.8 Å². The molecule has 3 heterocycles. The molecule has 7 heteroatoms. The quantitative estimate of drug-likeness (QED) is 0.289. The molecule has 6 rings (SSSR count). The maximum atomic E-state index is 13.4. The predicted octanol–water partition coefficient (Wildman–Crippen LogP) is 5.97. The first-order valence-electron chi connectivity index (χ1n) is 14.0. The van der Waals surface area contributed by atoms with Crippen LogP contribution in [0, 0.1) is 19.8 Å². The Labute approximate surface area is 239 Å².